The lowest BCUT2D eigenvalue weighted by Gasteiger charge is -2.32. The molecule has 1 atom stereocenters. The molecule has 2 aliphatic heterocycles. The summed E-state index contributed by atoms with van der Waals surface area (Å²) in [5.41, 5.74) is 2.18. The lowest BCUT2D eigenvalue weighted by Crippen LogP contribution is -2.47. The number of hydrogen-bond acceptors (Lipinski definition) is 3. The van der Waals surface area contributed by atoms with Crippen LogP contribution < -0.4 is 5.32 Å². The largest absolute Gasteiger partial charge is 0.336 e. The van der Waals surface area contributed by atoms with Crippen LogP contribution in [0.3, 0.4) is 0 Å². The first-order valence-corrected chi connectivity index (χ1v) is 8.50. The molecule has 3 rings (SSSR count). The number of carbonyl (C=O) groups excluding carboxylic acids is 1. The van der Waals surface area contributed by atoms with Gasteiger partial charge in [0.25, 0.3) is 5.91 Å². The standard InChI is InChI=1S/C18H27N3O/c1-20-9-11-21(12-10-20)18(22)17-6-4-15(5-7-17)13-16-3-2-8-19-14-16/h4-7,16,19H,2-3,8-14H2,1H3/t16-/m0/s1. The van der Waals surface area contributed by atoms with E-state index in [9.17, 15) is 4.79 Å². The third kappa shape index (κ3) is 3.87. The SMILES string of the molecule is CN1CCN(C(=O)c2ccc(C[C@@H]3CCCNC3)cc2)CC1. The molecule has 1 amide bonds. The Morgan fingerprint density at radius 2 is 1.91 bits per heavy atom. The van der Waals surface area contributed by atoms with E-state index in [0.717, 1.165) is 57.2 Å². The van der Waals surface area contributed by atoms with E-state index in [0.29, 0.717) is 0 Å². The predicted octanol–water partition coefficient (Wildman–Crippen LogP) is 1.62. The van der Waals surface area contributed by atoms with Crippen LogP contribution in [-0.4, -0.2) is 62.0 Å². The molecule has 2 heterocycles. The number of piperidine rings is 1. The fourth-order valence-corrected chi connectivity index (χ4v) is 3.41. The molecule has 1 N–H and O–H groups in total. The van der Waals surface area contributed by atoms with Gasteiger partial charge in [-0.2, -0.15) is 0 Å². The van der Waals surface area contributed by atoms with Crippen LogP contribution in [0.2, 0.25) is 0 Å². The average Bonchev–Trinajstić information content (AvgIpc) is 2.57. The van der Waals surface area contributed by atoms with Crippen LogP contribution in [0.5, 0.6) is 0 Å². The van der Waals surface area contributed by atoms with Gasteiger partial charge in [-0.1, -0.05) is 12.1 Å². The number of piperazine rings is 1. The zero-order valence-electron chi connectivity index (χ0n) is 13.6. The molecule has 22 heavy (non-hydrogen) atoms. The van der Waals surface area contributed by atoms with Crippen molar-refractivity contribution >= 4 is 5.91 Å². The molecule has 0 saturated carbocycles. The summed E-state index contributed by atoms with van der Waals surface area (Å²) in [6, 6.07) is 8.29. The molecule has 2 fully saturated rings. The molecule has 0 aromatic heterocycles. The van der Waals surface area contributed by atoms with Crippen LogP contribution in [0, 0.1) is 5.92 Å². The first kappa shape index (κ1) is 15.5. The maximum Gasteiger partial charge on any atom is 0.253 e. The van der Waals surface area contributed by atoms with Crippen molar-refractivity contribution in [3.63, 3.8) is 0 Å². The Kier molecular flexibility index (Phi) is 5.11. The predicted molar refractivity (Wildman–Crippen MR) is 89.1 cm³/mol. The highest BCUT2D eigenvalue weighted by atomic mass is 16.2. The van der Waals surface area contributed by atoms with Gasteiger partial charge in [-0.15, -0.1) is 0 Å². The lowest BCUT2D eigenvalue weighted by molar-refractivity contribution is 0.0664. The van der Waals surface area contributed by atoms with Crippen molar-refractivity contribution in [2.45, 2.75) is 19.3 Å². The summed E-state index contributed by atoms with van der Waals surface area (Å²) in [5, 5.41) is 3.47. The highest BCUT2D eigenvalue weighted by molar-refractivity contribution is 5.94. The summed E-state index contributed by atoms with van der Waals surface area (Å²) in [6.07, 6.45) is 3.72. The number of hydrogen-bond donors (Lipinski definition) is 1. The quantitative estimate of drug-likeness (QED) is 0.921. The van der Waals surface area contributed by atoms with Crippen molar-refractivity contribution in [1.29, 1.82) is 0 Å². The van der Waals surface area contributed by atoms with E-state index < -0.39 is 0 Å². The highest BCUT2D eigenvalue weighted by Gasteiger charge is 2.20. The number of nitrogens with zero attached hydrogens (tertiary/aromatic N) is 2. The first-order chi connectivity index (χ1) is 10.7. The number of likely N-dealkylation sites (N-methyl/N-ethyl adjacent to an activating group) is 1. The maximum atomic E-state index is 12.5. The van der Waals surface area contributed by atoms with Gasteiger partial charge in [0.15, 0.2) is 0 Å². The van der Waals surface area contributed by atoms with Gasteiger partial charge in [0.1, 0.15) is 0 Å². The molecule has 2 saturated heterocycles. The van der Waals surface area contributed by atoms with Crippen LogP contribution in [0.1, 0.15) is 28.8 Å². The van der Waals surface area contributed by atoms with Crippen molar-refractivity contribution in [2.24, 2.45) is 5.92 Å². The normalized spacial score (nSPS) is 23.5. The topological polar surface area (TPSA) is 35.6 Å². The number of nitrogens with one attached hydrogen (secondary N) is 1. The van der Waals surface area contributed by atoms with Gasteiger partial charge in [0, 0.05) is 31.7 Å². The third-order valence-corrected chi connectivity index (χ3v) is 4.91. The second-order valence-corrected chi connectivity index (χ2v) is 6.71. The fraction of sp³-hybridized carbons (Fsp3) is 0.611. The molecule has 0 aliphatic carbocycles. The molecular weight excluding hydrogens is 274 g/mol. The van der Waals surface area contributed by atoms with Crippen molar-refractivity contribution in [1.82, 2.24) is 15.1 Å². The van der Waals surface area contributed by atoms with Crippen molar-refractivity contribution in [3.05, 3.63) is 35.4 Å². The molecule has 0 radical (unpaired) electrons. The van der Waals surface area contributed by atoms with Crippen LogP contribution in [0.25, 0.3) is 0 Å². The minimum Gasteiger partial charge on any atom is -0.336 e. The molecule has 0 spiro atoms. The summed E-state index contributed by atoms with van der Waals surface area (Å²) >= 11 is 0. The third-order valence-electron chi connectivity index (χ3n) is 4.91. The number of carbonyl (C=O) groups is 1. The lowest BCUT2D eigenvalue weighted by atomic mass is 9.92. The van der Waals surface area contributed by atoms with Gasteiger partial charge in [-0.05, 0) is 63.0 Å². The highest BCUT2D eigenvalue weighted by Crippen LogP contribution is 2.17. The Bertz CT molecular complexity index is 486. The Labute approximate surface area is 133 Å². The van der Waals surface area contributed by atoms with E-state index in [1.54, 1.807) is 0 Å². The Morgan fingerprint density at radius 3 is 2.55 bits per heavy atom. The maximum absolute atomic E-state index is 12.5. The minimum absolute atomic E-state index is 0.180. The van der Waals surface area contributed by atoms with E-state index in [1.165, 1.54) is 18.4 Å². The van der Waals surface area contributed by atoms with E-state index in [1.807, 2.05) is 17.0 Å². The van der Waals surface area contributed by atoms with Crippen molar-refractivity contribution in [3.8, 4) is 0 Å². The first-order valence-electron chi connectivity index (χ1n) is 8.50. The minimum atomic E-state index is 0.180. The summed E-state index contributed by atoms with van der Waals surface area (Å²) < 4.78 is 0. The van der Waals surface area contributed by atoms with Crippen LogP contribution in [0.15, 0.2) is 24.3 Å². The average molecular weight is 301 g/mol. The van der Waals surface area contributed by atoms with E-state index in [2.05, 4.69) is 29.4 Å². The Morgan fingerprint density at radius 1 is 1.18 bits per heavy atom. The second-order valence-electron chi connectivity index (χ2n) is 6.71. The zero-order chi connectivity index (χ0) is 15.4. The molecule has 1 aromatic carbocycles. The summed E-state index contributed by atoms with van der Waals surface area (Å²) in [5.74, 6) is 0.923. The van der Waals surface area contributed by atoms with Crippen LogP contribution >= 0.6 is 0 Å². The van der Waals surface area contributed by atoms with Gasteiger partial charge < -0.3 is 15.1 Å². The molecule has 4 nitrogen and oxygen atoms in total. The molecule has 120 valence electrons. The number of benzene rings is 1. The molecule has 1 aromatic rings. The van der Waals surface area contributed by atoms with Gasteiger partial charge in [0.05, 0.1) is 0 Å². The zero-order valence-corrected chi connectivity index (χ0v) is 13.6. The number of rotatable bonds is 3. The van der Waals surface area contributed by atoms with Crippen LogP contribution in [-0.2, 0) is 6.42 Å². The van der Waals surface area contributed by atoms with Gasteiger partial charge in [-0.3, -0.25) is 4.79 Å². The molecular formula is C18H27N3O. The summed E-state index contributed by atoms with van der Waals surface area (Å²) in [7, 11) is 2.11. The second kappa shape index (κ2) is 7.25. The smallest absolute Gasteiger partial charge is 0.253 e. The van der Waals surface area contributed by atoms with Crippen LogP contribution in [0.4, 0.5) is 0 Å². The molecule has 4 heteroatoms. The van der Waals surface area contributed by atoms with Crippen molar-refractivity contribution < 1.29 is 4.79 Å². The van der Waals surface area contributed by atoms with E-state index >= 15 is 0 Å². The molecule has 0 unspecified atom stereocenters. The Balaban J connectivity index is 1.57. The summed E-state index contributed by atoms with van der Waals surface area (Å²) in [6.45, 7) is 5.91. The van der Waals surface area contributed by atoms with Gasteiger partial charge >= 0.3 is 0 Å². The van der Waals surface area contributed by atoms with E-state index in [4.69, 9.17) is 0 Å². The van der Waals surface area contributed by atoms with Crippen molar-refractivity contribution in [2.75, 3.05) is 46.3 Å². The molecule has 0 bridgehead atoms. The summed E-state index contributed by atoms with van der Waals surface area (Å²) in [4.78, 5) is 16.7. The fourth-order valence-electron chi connectivity index (χ4n) is 3.41. The van der Waals surface area contributed by atoms with E-state index in [-0.39, 0.29) is 5.91 Å². The molecule has 2 aliphatic rings. The number of amides is 1. The van der Waals surface area contributed by atoms with Gasteiger partial charge in [0.2, 0.25) is 0 Å². The Hall–Kier alpha value is -1.39. The van der Waals surface area contributed by atoms with Gasteiger partial charge in [-0.25, -0.2) is 0 Å². The monoisotopic (exact) mass is 301 g/mol.